The Balaban J connectivity index is 1.88. The van der Waals surface area contributed by atoms with Crippen LogP contribution in [0.1, 0.15) is 0 Å². The van der Waals surface area contributed by atoms with E-state index in [1.165, 1.54) is 0 Å². The predicted octanol–water partition coefficient (Wildman–Crippen LogP) is -0.122. The fraction of sp³-hybridized carbons (Fsp3) is 0.455. The molecule has 1 atom stereocenters. The molecule has 2 N–H and O–H groups in total. The zero-order valence-corrected chi connectivity index (χ0v) is 8.94. The summed E-state index contributed by atoms with van der Waals surface area (Å²) < 4.78 is 0. The standard InChI is InChI=1S/C11H14N4O/c16-11-13-8-2-1-3-9(10(8)14-11)15-6-4-12-5-7-15/h1-3,8,12H,4-7H2,(H,13,16). The number of nitrogens with zero attached hydrogens (tertiary/aromatic N) is 2. The molecule has 1 unspecified atom stereocenters. The van der Waals surface area contributed by atoms with Gasteiger partial charge in [-0.25, -0.2) is 4.79 Å². The normalized spacial score (nSPS) is 28.4. The van der Waals surface area contributed by atoms with Crippen LogP contribution in [0.4, 0.5) is 4.79 Å². The Labute approximate surface area is 93.9 Å². The van der Waals surface area contributed by atoms with Gasteiger partial charge in [-0.05, 0) is 6.08 Å². The van der Waals surface area contributed by atoms with E-state index < -0.39 is 0 Å². The third-order valence-electron chi connectivity index (χ3n) is 3.07. The van der Waals surface area contributed by atoms with Crippen LogP contribution >= 0.6 is 0 Å². The van der Waals surface area contributed by atoms with Crippen molar-refractivity contribution in [1.82, 2.24) is 15.5 Å². The molecule has 3 aliphatic rings. The molecule has 1 aliphatic carbocycles. The molecule has 2 heterocycles. The number of hydrogen-bond donors (Lipinski definition) is 2. The second kappa shape index (κ2) is 3.75. The van der Waals surface area contributed by atoms with Gasteiger partial charge in [-0.15, -0.1) is 0 Å². The second-order valence-electron chi connectivity index (χ2n) is 4.10. The van der Waals surface area contributed by atoms with E-state index in [4.69, 9.17) is 0 Å². The molecule has 0 radical (unpaired) electrons. The summed E-state index contributed by atoms with van der Waals surface area (Å²) in [5, 5.41) is 6.13. The molecule has 5 nitrogen and oxygen atoms in total. The van der Waals surface area contributed by atoms with Crippen molar-refractivity contribution >= 4 is 11.7 Å². The molecular formula is C11H14N4O. The molecule has 2 amide bonds. The van der Waals surface area contributed by atoms with Gasteiger partial charge in [0.25, 0.3) is 0 Å². The second-order valence-corrected chi connectivity index (χ2v) is 4.10. The van der Waals surface area contributed by atoms with Crippen molar-refractivity contribution in [3.8, 4) is 0 Å². The predicted molar refractivity (Wildman–Crippen MR) is 61.4 cm³/mol. The van der Waals surface area contributed by atoms with E-state index >= 15 is 0 Å². The van der Waals surface area contributed by atoms with Crippen LogP contribution < -0.4 is 10.6 Å². The fourth-order valence-corrected chi connectivity index (χ4v) is 2.28. The molecule has 0 aromatic carbocycles. The lowest BCUT2D eigenvalue weighted by Crippen LogP contribution is -2.46. The molecule has 0 aromatic heterocycles. The van der Waals surface area contributed by atoms with Crippen molar-refractivity contribution in [1.29, 1.82) is 0 Å². The van der Waals surface area contributed by atoms with Gasteiger partial charge in [0.15, 0.2) is 0 Å². The minimum atomic E-state index is -0.229. The number of nitrogens with one attached hydrogen (secondary N) is 2. The number of urea groups is 1. The highest BCUT2D eigenvalue weighted by molar-refractivity contribution is 6.15. The van der Waals surface area contributed by atoms with Gasteiger partial charge < -0.3 is 15.5 Å². The summed E-state index contributed by atoms with van der Waals surface area (Å²) in [6, 6.07) is -0.255. The Morgan fingerprint density at radius 3 is 3.00 bits per heavy atom. The minimum absolute atomic E-state index is 0.0256. The highest BCUT2D eigenvalue weighted by atomic mass is 16.2. The third kappa shape index (κ3) is 1.53. The van der Waals surface area contributed by atoms with Crippen LogP contribution in [-0.2, 0) is 0 Å². The first-order valence-corrected chi connectivity index (χ1v) is 5.58. The number of piperazine rings is 1. The zero-order chi connectivity index (χ0) is 11.0. The van der Waals surface area contributed by atoms with E-state index in [0.717, 1.165) is 37.6 Å². The number of aliphatic imine (C=N–C) groups is 1. The van der Waals surface area contributed by atoms with Crippen LogP contribution in [0.15, 0.2) is 28.9 Å². The lowest BCUT2D eigenvalue weighted by molar-refractivity contribution is 0.251. The molecule has 0 aromatic rings. The molecule has 1 saturated heterocycles. The fourth-order valence-electron chi connectivity index (χ4n) is 2.28. The Bertz CT molecular complexity index is 404. The molecule has 5 heteroatoms. The van der Waals surface area contributed by atoms with Gasteiger partial charge in [-0.1, -0.05) is 12.2 Å². The van der Waals surface area contributed by atoms with E-state index in [1.807, 2.05) is 18.2 Å². The van der Waals surface area contributed by atoms with Gasteiger partial charge in [0.05, 0.1) is 17.5 Å². The van der Waals surface area contributed by atoms with E-state index in [9.17, 15) is 4.79 Å². The topological polar surface area (TPSA) is 56.7 Å². The SMILES string of the molecule is O=C1N=C2C(N3CCNCC3)=CC=CC2N1. The quantitative estimate of drug-likeness (QED) is 0.645. The first kappa shape index (κ1) is 9.59. The van der Waals surface area contributed by atoms with E-state index in [-0.39, 0.29) is 12.1 Å². The highest BCUT2D eigenvalue weighted by Gasteiger charge is 2.30. The molecule has 0 saturated carbocycles. The van der Waals surface area contributed by atoms with Crippen molar-refractivity contribution in [2.75, 3.05) is 26.2 Å². The summed E-state index contributed by atoms with van der Waals surface area (Å²) in [5.41, 5.74) is 1.96. The lowest BCUT2D eigenvalue weighted by atomic mass is 10.0. The van der Waals surface area contributed by atoms with Crippen molar-refractivity contribution in [3.05, 3.63) is 23.9 Å². The van der Waals surface area contributed by atoms with Gasteiger partial charge in [-0.3, -0.25) is 0 Å². The minimum Gasteiger partial charge on any atom is -0.367 e. The van der Waals surface area contributed by atoms with Crippen molar-refractivity contribution in [3.63, 3.8) is 0 Å². The van der Waals surface area contributed by atoms with Crippen LogP contribution in [0.3, 0.4) is 0 Å². The van der Waals surface area contributed by atoms with Crippen molar-refractivity contribution in [2.24, 2.45) is 4.99 Å². The van der Waals surface area contributed by atoms with E-state index in [1.54, 1.807) is 0 Å². The van der Waals surface area contributed by atoms with Crippen LogP contribution in [0.5, 0.6) is 0 Å². The van der Waals surface area contributed by atoms with Gasteiger partial charge >= 0.3 is 6.03 Å². The summed E-state index contributed by atoms with van der Waals surface area (Å²) in [6.07, 6.45) is 6.00. The van der Waals surface area contributed by atoms with Gasteiger partial charge in [0.2, 0.25) is 0 Å². The number of allylic oxidation sites excluding steroid dienone is 2. The first-order chi connectivity index (χ1) is 7.84. The maximum Gasteiger partial charge on any atom is 0.342 e. The first-order valence-electron chi connectivity index (χ1n) is 5.58. The molecule has 3 rings (SSSR count). The highest BCUT2D eigenvalue weighted by Crippen LogP contribution is 2.19. The van der Waals surface area contributed by atoms with Gasteiger partial charge in [0, 0.05) is 26.2 Å². The van der Waals surface area contributed by atoms with Crippen LogP contribution in [0, 0.1) is 0 Å². The van der Waals surface area contributed by atoms with Crippen LogP contribution in [0.2, 0.25) is 0 Å². The summed E-state index contributed by atoms with van der Waals surface area (Å²) in [6.45, 7) is 3.92. The number of carbonyl (C=O) groups is 1. The Kier molecular flexibility index (Phi) is 2.25. The molecule has 0 bridgehead atoms. The lowest BCUT2D eigenvalue weighted by Gasteiger charge is -2.33. The summed E-state index contributed by atoms with van der Waals surface area (Å²) >= 11 is 0. The Morgan fingerprint density at radius 2 is 2.19 bits per heavy atom. The van der Waals surface area contributed by atoms with Crippen LogP contribution in [-0.4, -0.2) is 48.9 Å². The maximum atomic E-state index is 11.2. The summed E-state index contributed by atoms with van der Waals surface area (Å²) in [4.78, 5) is 17.6. The zero-order valence-electron chi connectivity index (χ0n) is 8.94. The monoisotopic (exact) mass is 218 g/mol. The van der Waals surface area contributed by atoms with Gasteiger partial charge in [0.1, 0.15) is 0 Å². The average molecular weight is 218 g/mol. The van der Waals surface area contributed by atoms with Crippen molar-refractivity contribution in [2.45, 2.75) is 6.04 Å². The summed E-state index contributed by atoms with van der Waals surface area (Å²) in [7, 11) is 0. The third-order valence-corrected chi connectivity index (χ3v) is 3.07. The molecule has 16 heavy (non-hydrogen) atoms. The molecule has 84 valence electrons. The van der Waals surface area contributed by atoms with Crippen LogP contribution in [0.25, 0.3) is 0 Å². The smallest absolute Gasteiger partial charge is 0.342 e. The largest absolute Gasteiger partial charge is 0.367 e. The van der Waals surface area contributed by atoms with Gasteiger partial charge in [-0.2, -0.15) is 4.99 Å². The molecular weight excluding hydrogens is 204 g/mol. The Morgan fingerprint density at radius 1 is 1.38 bits per heavy atom. The number of hydrogen-bond acceptors (Lipinski definition) is 3. The number of amides is 2. The molecule has 1 fully saturated rings. The maximum absolute atomic E-state index is 11.2. The number of carbonyl (C=O) groups excluding carboxylic acids is 1. The Hall–Kier alpha value is -1.62. The number of rotatable bonds is 1. The molecule has 2 aliphatic heterocycles. The summed E-state index contributed by atoms with van der Waals surface area (Å²) in [5.74, 6) is 0. The van der Waals surface area contributed by atoms with E-state index in [2.05, 4.69) is 20.5 Å². The number of fused-ring (bicyclic) bond motifs is 1. The average Bonchev–Trinajstić information content (AvgIpc) is 2.70. The van der Waals surface area contributed by atoms with E-state index in [0.29, 0.717) is 0 Å². The van der Waals surface area contributed by atoms with Crippen molar-refractivity contribution < 1.29 is 4.79 Å². The molecule has 0 spiro atoms.